The number of benzene rings is 2. The topological polar surface area (TPSA) is 93.0 Å². The van der Waals surface area contributed by atoms with Crippen LogP contribution in [-0.4, -0.2) is 61.9 Å². The summed E-state index contributed by atoms with van der Waals surface area (Å²) in [6.45, 7) is 2.57. The number of sulfonamides is 1. The largest absolute Gasteiger partial charge is 0.489 e. The summed E-state index contributed by atoms with van der Waals surface area (Å²) >= 11 is 12.1. The van der Waals surface area contributed by atoms with Gasteiger partial charge in [0.1, 0.15) is 6.61 Å². The number of para-hydroxylation sites is 1. The van der Waals surface area contributed by atoms with E-state index in [1.807, 2.05) is 0 Å². The number of halogens is 2. The summed E-state index contributed by atoms with van der Waals surface area (Å²) in [5.74, 6) is 0.433. The summed E-state index contributed by atoms with van der Waals surface area (Å²) in [6, 6.07) is 10.2. The fraction of sp³-hybridized carbons (Fsp3) is 0.333. The Balaban J connectivity index is 1.55. The van der Waals surface area contributed by atoms with Gasteiger partial charge in [-0.05, 0) is 18.2 Å². The molecule has 2 aromatic rings. The molecule has 0 spiro atoms. The minimum atomic E-state index is -3.78. The lowest BCUT2D eigenvalue weighted by atomic mass is 10.3. The van der Waals surface area contributed by atoms with Gasteiger partial charge in [0.15, 0.2) is 5.75 Å². The third-order valence-electron chi connectivity index (χ3n) is 4.57. The van der Waals surface area contributed by atoms with Crippen LogP contribution in [-0.2, 0) is 10.0 Å². The van der Waals surface area contributed by atoms with Gasteiger partial charge in [-0.15, -0.1) is 0 Å². The molecule has 0 unspecified atom stereocenters. The molecule has 1 saturated heterocycles. The van der Waals surface area contributed by atoms with E-state index in [0.29, 0.717) is 42.0 Å². The first-order chi connectivity index (χ1) is 13.8. The van der Waals surface area contributed by atoms with Crippen molar-refractivity contribution in [1.29, 1.82) is 0 Å². The summed E-state index contributed by atoms with van der Waals surface area (Å²) in [5, 5.41) is 11.8. The molecule has 0 amide bonds. The molecular weight excluding hydrogens is 441 g/mol. The number of nitro benzene ring substituents is 1. The fourth-order valence-electron chi connectivity index (χ4n) is 3.00. The maximum atomic E-state index is 12.8. The van der Waals surface area contributed by atoms with E-state index in [-0.39, 0.29) is 23.7 Å². The molecule has 0 saturated carbocycles. The van der Waals surface area contributed by atoms with Crippen LogP contribution in [0, 0.1) is 10.1 Å². The molecular formula is C18H19Cl2N3O5S. The quantitative estimate of drug-likeness (QED) is 0.465. The number of piperazine rings is 1. The third-order valence-corrected chi connectivity index (χ3v) is 7.06. The van der Waals surface area contributed by atoms with E-state index in [1.165, 1.54) is 22.5 Å². The van der Waals surface area contributed by atoms with Crippen LogP contribution in [0.15, 0.2) is 47.4 Å². The van der Waals surface area contributed by atoms with Crippen LogP contribution >= 0.6 is 23.2 Å². The summed E-state index contributed by atoms with van der Waals surface area (Å²) in [4.78, 5) is 12.3. The molecule has 2 aromatic carbocycles. The second-order valence-corrected chi connectivity index (χ2v) is 9.15. The number of nitrogens with zero attached hydrogens (tertiary/aromatic N) is 3. The highest BCUT2D eigenvalue weighted by atomic mass is 35.5. The van der Waals surface area contributed by atoms with Gasteiger partial charge in [0.2, 0.25) is 10.0 Å². The van der Waals surface area contributed by atoms with Crippen molar-refractivity contribution in [1.82, 2.24) is 9.21 Å². The normalized spacial score (nSPS) is 15.9. The SMILES string of the molecule is O=[N+]([O-])c1cccc(S(=O)(=O)N2CCN(CCOc3c(Cl)cccc3Cl)CC2)c1. The van der Waals surface area contributed by atoms with Crippen molar-refractivity contribution in [2.75, 3.05) is 39.3 Å². The van der Waals surface area contributed by atoms with Crippen molar-refractivity contribution in [3.8, 4) is 5.75 Å². The molecule has 3 rings (SSSR count). The Labute approximate surface area is 178 Å². The summed E-state index contributed by atoms with van der Waals surface area (Å²) in [6.07, 6.45) is 0. The predicted molar refractivity (Wildman–Crippen MR) is 110 cm³/mol. The average Bonchev–Trinajstić information content (AvgIpc) is 2.70. The van der Waals surface area contributed by atoms with Gasteiger partial charge < -0.3 is 4.74 Å². The number of rotatable bonds is 7. The first kappa shape index (κ1) is 21.8. The van der Waals surface area contributed by atoms with E-state index in [2.05, 4.69) is 4.90 Å². The molecule has 1 heterocycles. The zero-order valence-electron chi connectivity index (χ0n) is 15.3. The Morgan fingerprint density at radius 2 is 1.66 bits per heavy atom. The maximum absolute atomic E-state index is 12.8. The van der Waals surface area contributed by atoms with Gasteiger partial charge >= 0.3 is 0 Å². The van der Waals surface area contributed by atoms with Gasteiger partial charge in [0.25, 0.3) is 5.69 Å². The molecule has 0 radical (unpaired) electrons. The lowest BCUT2D eigenvalue weighted by Gasteiger charge is -2.33. The van der Waals surface area contributed by atoms with E-state index >= 15 is 0 Å². The van der Waals surface area contributed by atoms with Gasteiger partial charge in [-0.25, -0.2) is 8.42 Å². The molecule has 29 heavy (non-hydrogen) atoms. The number of hydrogen-bond donors (Lipinski definition) is 0. The van der Waals surface area contributed by atoms with Crippen molar-refractivity contribution in [3.63, 3.8) is 0 Å². The number of ether oxygens (including phenoxy) is 1. The second-order valence-electron chi connectivity index (χ2n) is 6.40. The highest BCUT2D eigenvalue weighted by molar-refractivity contribution is 7.89. The van der Waals surface area contributed by atoms with Crippen LogP contribution in [0.1, 0.15) is 0 Å². The Bertz CT molecular complexity index is 974. The molecule has 1 fully saturated rings. The van der Waals surface area contributed by atoms with Crippen molar-refractivity contribution in [2.24, 2.45) is 0 Å². The van der Waals surface area contributed by atoms with Gasteiger partial charge in [-0.2, -0.15) is 4.31 Å². The molecule has 1 aliphatic rings. The van der Waals surface area contributed by atoms with E-state index in [9.17, 15) is 18.5 Å². The van der Waals surface area contributed by atoms with Crippen LogP contribution in [0.3, 0.4) is 0 Å². The standard InChI is InChI=1S/C18H19Cl2N3O5S/c19-16-5-2-6-17(20)18(16)28-12-11-21-7-9-22(10-8-21)29(26,27)15-4-1-3-14(13-15)23(24)25/h1-6,13H,7-12H2. The first-order valence-electron chi connectivity index (χ1n) is 8.83. The second kappa shape index (κ2) is 9.27. The van der Waals surface area contributed by atoms with Crippen LogP contribution in [0.5, 0.6) is 5.75 Å². The molecule has 156 valence electrons. The zero-order valence-corrected chi connectivity index (χ0v) is 17.7. The Morgan fingerprint density at radius 1 is 1.03 bits per heavy atom. The summed E-state index contributed by atoms with van der Waals surface area (Å²) < 4.78 is 32.6. The van der Waals surface area contributed by atoms with E-state index in [1.54, 1.807) is 18.2 Å². The molecule has 11 heteroatoms. The Kier molecular flexibility index (Phi) is 6.97. The van der Waals surface area contributed by atoms with E-state index in [4.69, 9.17) is 27.9 Å². The summed E-state index contributed by atoms with van der Waals surface area (Å²) in [7, 11) is -3.78. The summed E-state index contributed by atoms with van der Waals surface area (Å²) in [5.41, 5.74) is -0.250. The number of nitro groups is 1. The lowest BCUT2D eigenvalue weighted by Crippen LogP contribution is -2.49. The molecule has 0 aromatic heterocycles. The van der Waals surface area contributed by atoms with Gasteiger partial charge in [-0.1, -0.05) is 35.3 Å². The first-order valence-corrected chi connectivity index (χ1v) is 11.0. The third kappa shape index (κ3) is 5.18. The number of hydrogen-bond acceptors (Lipinski definition) is 6. The Hall–Kier alpha value is -1.91. The lowest BCUT2D eigenvalue weighted by molar-refractivity contribution is -0.385. The highest BCUT2D eigenvalue weighted by Crippen LogP contribution is 2.32. The smallest absolute Gasteiger partial charge is 0.270 e. The molecule has 8 nitrogen and oxygen atoms in total. The van der Waals surface area contributed by atoms with Crippen molar-refractivity contribution < 1.29 is 18.1 Å². The van der Waals surface area contributed by atoms with E-state index in [0.717, 1.165) is 6.07 Å². The van der Waals surface area contributed by atoms with Gasteiger partial charge in [0, 0.05) is 44.9 Å². The van der Waals surface area contributed by atoms with Crippen LogP contribution in [0.4, 0.5) is 5.69 Å². The van der Waals surface area contributed by atoms with Crippen LogP contribution in [0.2, 0.25) is 10.0 Å². The monoisotopic (exact) mass is 459 g/mol. The highest BCUT2D eigenvalue weighted by Gasteiger charge is 2.29. The zero-order chi connectivity index (χ0) is 21.0. The molecule has 0 aliphatic carbocycles. The molecule has 0 N–H and O–H groups in total. The van der Waals surface area contributed by atoms with Gasteiger partial charge in [0.05, 0.1) is 19.9 Å². The van der Waals surface area contributed by atoms with Gasteiger partial charge in [-0.3, -0.25) is 15.0 Å². The van der Waals surface area contributed by atoms with Crippen molar-refractivity contribution in [3.05, 3.63) is 62.6 Å². The molecule has 0 bridgehead atoms. The minimum Gasteiger partial charge on any atom is -0.489 e. The molecule has 0 atom stereocenters. The Morgan fingerprint density at radius 3 is 2.28 bits per heavy atom. The van der Waals surface area contributed by atoms with E-state index < -0.39 is 14.9 Å². The number of non-ortho nitro benzene ring substituents is 1. The minimum absolute atomic E-state index is 0.0724. The van der Waals surface area contributed by atoms with Crippen molar-refractivity contribution >= 4 is 38.9 Å². The molecule has 1 aliphatic heterocycles. The van der Waals surface area contributed by atoms with Crippen LogP contribution < -0.4 is 4.74 Å². The van der Waals surface area contributed by atoms with Crippen LogP contribution in [0.25, 0.3) is 0 Å². The maximum Gasteiger partial charge on any atom is 0.270 e. The predicted octanol–water partition coefficient (Wildman–Crippen LogP) is 3.29. The average molecular weight is 460 g/mol. The van der Waals surface area contributed by atoms with Crippen molar-refractivity contribution in [2.45, 2.75) is 4.90 Å². The fourth-order valence-corrected chi connectivity index (χ4v) is 4.97.